The molecule has 0 unspecified atom stereocenters. The Morgan fingerprint density at radius 2 is 1.94 bits per heavy atom. The van der Waals surface area contributed by atoms with Gasteiger partial charge in [-0.05, 0) is 12.1 Å². The second-order valence-electron chi connectivity index (χ2n) is 3.34. The van der Waals surface area contributed by atoms with Crippen molar-refractivity contribution < 1.29 is 18.8 Å². The van der Waals surface area contributed by atoms with Crippen LogP contribution in [-0.2, 0) is 0 Å². The molecular weight excluding hydrogens is 243 g/mol. The Morgan fingerprint density at radius 3 is 2.61 bits per heavy atom. The summed E-state index contributed by atoms with van der Waals surface area (Å²) < 4.78 is 18.7. The molecular formula is C11H7FN2O4. The van der Waals surface area contributed by atoms with Gasteiger partial charge in [0, 0.05) is 0 Å². The first-order chi connectivity index (χ1) is 8.58. The lowest BCUT2D eigenvalue weighted by molar-refractivity contribution is -0.606. The van der Waals surface area contributed by atoms with Crippen molar-refractivity contribution in [2.75, 3.05) is 0 Å². The molecule has 0 aliphatic heterocycles. The molecule has 0 atom stereocenters. The maximum absolute atomic E-state index is 13.3. The average molecular weight is 250 g/mol. The number of pyridine rings is 1. The molecule has 92 valence electrons. The van der Waals surface area contributed by atoms with E-state index in [1.807, 2.05) is 0 Å². The van der Waals surface area contributed by atoms with Gasteiger partial charge < -0.3 is 9.94 Å². The first-order valence-corrected chi connectivity index (χ1v) is 4.87. The Kier molecular flexibility index (Phi) is 3.05. The number of nitrogens with zero attached hydrogens (tertiary/aromatic N) is 2. The van der Waals surface area contributed by atoms with Gasteiger partial charge in [-0.2, -0.15) is 4.73 Å². The molecule has 0 saturated heterocycles. The van der Waals surface area contributed by atoms with Crippen molar-refractivity contribution in [2.45, 2.75) is 0 Å². The predicted octanol–water partition coefficient (Wildman–Crippen LogP) is 2.16. The van der Waals surface area contributed by atoms with Gasteiger partial charge in [0.15, 0.2) is 17.8 Å². The second kappa shape index (κ2) is 4.66. The minimum atomic E-state index is -0.712. The van der Waals surface area contributed by atoms with Crippen LogP contribution in [0.3, 0.4) is 0 Å². The lowest BCUT2D eigenvalue weighted by Gasteiger charge is -2.06. The molecule has 7 heteroatoms. The van der Waals surface area contributed by atoms with E-state index in [-0.39, 0.29) is 11.5 Å². The number of nitro groups is 1. The highest BCUT2D eigenvalue weighted by molar-refractivity contribution is 5.45. The Morgan fingerprint density at radius 1 is 1.22 bits per heavy atom. The molecule has 2 rings (SSSR count). The number of aromatic nitrogens is 1. The predicted molar refractivity (Wildman–Crippen MR) is 58.5 cm³/mol. The van der Waals surface area contributed by atoms with Crippen LogP contribution in [-0.4, -0.2) is 4.92 Å². The lowest BCUT2D eigenvalue weighted by atomic mass is 10.3. The number of para-hydroxylation sites is 1. The average Bonchev–Trinajstić information content (AvgIpc) is 2.32. The fourth-order valence-electron chi connectivity index (χ4n) is 1.33. The Bertz CT molecular complexity index is 603. The van der Waals surface area contributed by atoms with Crippen molar-refractivity contribution in [1.82, 2.24) is 0 Å². The molecule has 0 bridgehead atoms. The maximum atomic E-state index is 13.3. The second-order valence-corrected chi connectivity index (χ2v) is 3.34. The van der Waals surface area contributed by atoms with E-state index < -0.39 is 16.4 Å². The quantitative estimate of drug-likeness (QED) is 0.362. The van der Waals surface area contributed by atoms with Crippen LogP contribution in [0.1, 0.15) is 0 Å². The molecule has 0 saturated carbocycles. The topological polar surface area (TPSA) is 79.3 Å². The highest BCUT2D eigenvalue weighted by Crippen LogP contribution is 2.30. The Hall–Kier alpha value is -2.70. The van der Waals surface area contributed by atoms with Gasteiger partial charge >= 0.3 is 5.69 Å². The molecule has 0 aliphatic carbocycles. The minimum absolute atomic E-state index is 0.188. The third kappa shape index (κ3) is 2.34. The number of hydrogen-bond donors (Lipinski definition) is 0. The van der Waals surface area contributed by atoms with Crippen LogP contribution in [0.15, 0.2) is 42.7 Å². The van der Waals surface area contributed by atoms with E-state index >= 15 is 0 Å². The molecule has 0 fully saturated rings. The number of ether oxygens (including phenoxy) is 1. The molecule has 0 amide bonds. The molecule has 6 nitrogen and oxygen atoms in total. The van der Waals surface area contributed by atoms with Gasteiger partial charge in [-0.25, -0.2) is 4.39 Å². The van der Waals surface area contributed by atoms with E-state index in [4.69, 9.17) is 4.74 Å². The summed E-state index contributed by atoms with van der Waals surface area (Å²) in [5.41, 5.74) is -0.412. The van der Waals surface area contributed by atoms with Crippen molar-refractivity contribution in [2.24, 2.45) is 0 Å². The Balaban J connectivity index is 2.42. The SMILES string of the molecule is O=[N+]([O-])c1cc[n+]([O-])cc1Oc1ccccc1F. The van der Waals surface area contributed by atoms with Crippen LogP contribution in [0.25, 0.3) is 0 Å². The normalized spacial score (nSPS) is 10.1. The van der Waals surface area contributed by atoms with Gasteiger partial charge in [-0.3, -0.25) is 10.1 Å². The first kappa shape index (κ1) is 11.8. The summed E-state index contributed by atoms with van der Waals surface area (Å²) in [5, 5.41) is 21.8. The number of halogens is 1. The summed E-state index contributed by atoms with van der Waals surface area (Å²) in [7, 11) is 0. The van der Waals surface area contributed by atoms with E-state index in [1.54, 1.807) is 0 Å². The van der Waals surface area contributed by atoms with E-state index in [0.717, 1.165) is 24.5 Å². The summed E-state index contributed by atoms with van der Waals surface area (Å²) in [6, 6.07) is 6.41. The fourth-order valence-corrected chi connectivity index (χ4v) is 1.33. The van der Waals surface area contributed by atoms with Crippen LogP contribution in [0, 0.1) is 21.1 Å². The molecule has 0 radical (unpaired) electrons. The molecule has 1 aromatic heterocycles. The maximum Gasteiger partial charge on any atom is 0.323 e. The zero-order valence-electron chi connectivity index (χ0n) is 8.95. The smallest absolute Gasteiger partial charge is 0.323 e. The molecule has 1 heterocycles. The van der Waals surface area contributed by atoms with Crippen molar-refractivity contribution in [3.05, 3.63) is 63.9 Å². The molecule has 0 spiro atoms. The summed E-state index contributed by atoms with van der Waals surface area (Å²) in [6.07, 6.45) is 1.83. The van der Waals surface area contributed by atoms with Gasteiger partial charge in [0.25, 0.3) is 5.75 Å². The summed E-state index contributed by atoms with van der Waals surface area (Å²) >= 11 is 0. The first-order valence-electron chi connectivity index (χ1n) is 4.87. The van der Waals surface area contributed by atoms with Crippen molar-refractivity contribution in [3.8, 4) is 11.5 Å². The molecule has 0 aliphatic rings. The van der Waals surface area contributed by atoms with Crippen molar-refractivity contribution in [3.63, 3.8) is 0 Å². The van der Waals surface area contributed by atoms with E-state index in [0.29, 0.717) is 4.73 Å². The van der Waals surface area contributed by atoms with Crippen molar-refractivity contribution >= 4 is 5.69 Å². The molecule has 1 aromatic carbocycles. The highest BCUT2D eigenvalue weighted by Gasteiger charge is 2.20. The molecule has 18 heavy (non-hydrogen) atoms. The zero-order chi connectivity index (χ0) is 13.1. The summed E-state index contributed by atoms with van der Waals surface area (Å²) in [5.74, 6) is -1.18. The highest BCUT2D eigenvalue weighted by atomic mass is 19.1. The van der Waals surface area contributed by atoms with Gasteiger partial charge in [0.05, 0.1) is 11.0 Å². The van der Waals surface area contributed by atoms with Gasteiger partial charge in [0.2, 0.25) is 6.20 Å². The lowest BCUT2D eigenvalue weighted by Crippen LogP contribution is -2.24. The van der Waals surface area contributed by atoms with Gasteiger partial charge in [-0.15, -0.1) is 0 Å². The number of benzene rings is 1. The van der Waals surface area contributed by atoms with Gasteiger partial charge in [0.1, 0.15) is 0 Å². The summed E-state index contributed by atoms with van der Waals surface area (Å²) in [6.45, 7) is 0. The molecule has 0 N–H and O–H groups in total. The zero-order valence-corrected chi connectivity index (χ0v) is 8.95. The third-order valence-corrected chi connectivity index (χ3v) is 2.13. The Labute approximate surface area is 101 Å². The third-order valence-electron chi connectivity index (χ3n) is 2.13. The van der Waals surface area contributed by atoms with Crippen LogP contribution in [0.5, 0.6) is 11.5 Å². The molecule has 2 aromatic rings. The van der Waals surface area contributed by atoms with Crippen LogP contribution < -0.4 is 9.47 Å². The van der Waals surface area contributed by atoms with Crippen LogP contribution in [0.4, 0.5) is 10.1 Å². The van der Waals surface area contributed by atoms with Gasteiger partial charge in [-0.1, -0.05) is 12.1 Å². The number of rotatable bonds is 3. The largest absolute Gasteiger partial charge is 0.619 e. The standard InChI is InChI=1S/C11H7FN2O4/c12-8-3-1-2-4-10(8)18-11-7-13(15)6-5-9(11)14(16)17/h1-7H. The van der Waals surface area contributed by atoms with E-state index in [9.17, 15) is 19.7 Å². The summed E-state index contributed by atoms with van der Waals surface area (Å²) in [4.78, 5) is 10.0. The minimum Gasteiger partial charge on any atom is -0.619 e. The fraction of sp³-hybridized carbons (Fsp3) is 0. The van der Waals surface area contributed by atoms with Crippen LogP contribution >= 0.6 is 0 Å². The van der Waals surface area contributed by atoms with E-state index in [1.165, 1.54) is 18.2 Å². The van der Waals surface area contributed by atoms with Crippen LogP contribution in [0.2, 0.25) is 0 Å². The van der Waals surface area contributed by atoms with Crippen molar-refractivity contribution in [1.29, 1.82) is 0 Å². The van der Waals surface area contributed by atoms with E-state index in [2.05, 4.69) is 0 Å². The monoisotopic (exact) mass is 250 g/mol. The number of hydrogen-bond acceptors (Lipinski definition) is 4.